The van der Waals surface area contributed by atoms with Crippen LogP contribution >= 0.6 is 11.6 Å². The minimum atomic E-state index is -0.249. The van der Waals surface area contributed by atoms with Gasteiger partial charge in [-0.05, 0) is 49.2 Å². The molecule has 0 amide bonds. The van der Waals surface area contributed by atoms with E-state index in [-0.39, 0.29) is 12.1 Å². The van der Waals surface area contributed by atoms with E-state index < -0.39 is 0 Å². The molecule has 1 aliphatic heterocycles. The number of hydrogen-bond donors (Lipinski definition) is 1. The molecule has 1 heterocycles. The third-order valence-corrected chi connectivity index (χ3v) is 3.85. The predicted octanol–water partition coefficient (Wildman–Crippen LogP) is 4.37. The van der Waals surface area contributed by atoms with Gasteiger partial charge in [-0.2, -0.15) is 0 Å². The van der Waals surface area contributed by atoms with E-state index in [2.05, 4.69) is 0 Å². The Kier molecular flexibility index (Phi) is 3.32. The molecule has 0 aliphatic carbocycles. The summed E-state index contributed by atoms with van der Waals surface area (Å²) >= 11 is 5.92. The monoisotopic (exact) mass is 289 g/mol. The summed E-state index contributed by atoms with van der Waals surface area (Å²) in [6.07, 6.45) is -0.156. The Balaban J connectivity index is 2.03. The van der Waals surface area contributed by atoms with Crippen LogP contribution in [0.15, 0.2) is 42.5 Å². The van der Waals surface area contributed by atoms with E-state index >= 15 is 0 Å². The number of fused-ring (bicyclic) bond motifs is 1. The Morgan fingerprint density at radius 3 is 2.55 bits per heavy atom. The first-order valence-electron chi connectivity index (χ1n) is 6.57. The maximum Gasteiger partial charge on any atom is 0.145 e. The first-order valence-corrected chi connectivity index (χ1v) is 6.95. The molecule has 0 bridgehead atoms. The molecule has 20 heavy (non-hydrogen) atoms. The van der Waals surface area contributed by atoms with Crippen LogP contribution in [0.5, 0.6) is 5.75 Å². The molecule has 3 rings (SSSR count). The maximum absolute atomic E-state index is 10.6. The molecule has 2 aromatic carbocycles. The van der Waals surface area contributed by atoms with Gasteiger partial charge in [0.05, 0.1) is 0 Å². The highest BCUT2D eigenvalue weighted by molar-refractivity contribution is 6.30. The SMILES string of the molecule is Cc1ccc2c(c1)N(O)C(c1ccc(Cl)cc1)C(C)O2. The summed E-state index contributed by atoms with van der Waals surface area (Å²) in [6, 6.07) is 13.0. The fourth-order valence-electron chi connectivity index (χ4n) is 2.59. The molecule has 2 unspecified atom stereocenters. The van der Waals surface area contributed by atoms with Crippen LogP contribution in [0.2, 0.25) is 5.02 Å². The van der Waals surface area contributed by atoms with Gasteiger partial charge in [0.15, 0.2) is 0 Å². The van der Waals surface area contributed by atoms with E-state index in [4.69, 9.17) is 16.3 Å². The minimum absolute atomic E-state index is 0.156. The van der Waals surface area contributed by atoms with Crippen molar-refractivity contribution in [3.05, 3.63) is 58.6 Å². The number of anilines is 1. The number of ether oxygens (including phenoxy) is 1. The van der Waals surface area contributed by atoms with E-state index in [1.165, 1.54) is 5.06 Å². The Bertz CT molecular complexity index is 627. The van der Waals surface area contributed by atoms with Crippen molar-refractivity contribution in [1.29, 1.82) is 0 Å². The standard InChI is InChI=1S/C16H16ClNO2/c1-10-3-8-15-14(9-10)18(19)16(11(2)20-15)12-4-6-13(17)7-5-12/h3-9,11,16,19H,1-2H3. The Morgan fingerprint density at radius 2 is 1.85 bits per heavy atom. The predicted molar refractivity (Wildman–Crippen MR) is 79.7 cm³/mol. The zero-order valence-electron chi connectivity index (χ0n) is 11.4. The number of hydroxylamine groups is 1. The summed E-state index contributed by atoms with van der Waals surface area (Å²) in [5.74, 6) is 0.704. The Hall–Kier alpha value is -1.71. The third kappa shape index (κ3) is 2.23. The molecule has 3 nitrogen and oxygen atoms in total. The van der Waals surface area contributed by atoms with Crippen molar-refractivity contribution in [2.45, 2.75) is 26.0 Å². The number of rotatable bonds is 1. The molecule has 2 atom stereocenters. The second kappa shape index (κ2) is 5.00. The van der Waals surface area contributed by atoms with E-state index in [1.807, 2.05) is 56.3 Å². The molecular formula is C16H16ClNO2. The summed E-state index contributed by atoms with van der Waals surface area (Å²) < 4.78 is 5.92. The van der Waals surface area contributed by atoms with Crippen molar-refractivity contribution in [1.82, 2.24) is 0 Å². The molecule has 0 saturated carbocycles. The quantitative estimate of drug-likeness (QED) is 0.846. The normalized spacial score (nSPS) is 21.3. The van der Waals surface area contributed by atoms with Crippen LogP contribution in [0.4, 0.5) is 5.69 Å². The van der Waals surface area contributed by atoms with Gasteiger partial charge < -0.3 is 4.74 Å². The van der Waals surface area contributed by atoms with Gasteiger partial charge in [-0.25, -0.2) is 5.06 Å². The van der Waals surface area contributed by atoms with Gasteiger partial charge in [-0.3, -0.25) is 5.21 Å². The highest BCUT2D eigenvalue weighted by atomic mass is 35.5. The van der Waals surface area contributed by atoms with E-state index in [0.29, 0.717) is 16.5 Å². The average molecular weight is 290 g/mol. The number of halogens is 1. The molecular weight excluding hydrogens is 274 g/mol. The van der Waals surface area contributed by atoms with Crippen molar-refractivity contribution in [2.24, 2.45) is 0 Å². The van der Waals surface area contributed by atoms with Gasteiger partial charge in [0.25, 0.3) is 0 Å². The molecule has 0 aromatic heterocycles. The highest BCUT2D eigenvalue weighted by Gasteiger charge is 2.34. The molecule has 0 saturated heterocycles. The molecule has 0 fully saturated rings. The van der Waals surface area contributed by atoms with Crippen LogP contribution < -0.4 is 9.80 Å². The average Bonchev–Trinajstić information content (AvgIpc) is 2.42. The van der Waals surface area contributed by atoms with Crippen LogP contribution in [0.25, 0.3) is 0 Å². The number of nitrogens with zero attached hydrogens (tertiary/aromatic N) is 1. The molecule has 0 radical (unpaired) electrons. The number of benzene rings is 2. The topological polar surface area (TPSA) is 32.7 Å². The first kappa shape index (κ1) is 13.3. The second-order valence-corrected chi connectivity index (χ2v) is 5.57. The lowest BCUT2D eigenvalue weighted by Gasteiger charge is -2.38. The van der Waals surface area contributed by atoms with E-state index in [9.17, 15) is 5.21 Å². The third-order valence-electron chi connectivity index (χ3n) is 3.59. The highest BCUT2D eigenvalue weighted by Crippen LogP contribution is 2.41. The van der Waals surface area contributed by atoms with Gasteiger partial charge in [-0.15, -0.1) is 0 Å². The largest absolute Gasteiger partial charge is 0.486 e. The van der Waals surface area contributed by atoms with Crippen molar-refractivity contribution in [3.63, 3.8) is 0 Å². The second-order valence-electron chi connectivity index (χ2n) is 5.14. The van der Waals surface area contributed by atoms with Crippen molar-refractivity contribution in [2.75, 3.05) is 5.06 Å². The van der Waals surface area contributed by atoms with Crippen LogP contribution in [0.3, 0.4) is 0 Å². The summed E-state index contributed by atoms with van der Waals surface area (Å²) in [5.41, 5.74) is 2.75. The Morgan fingerprint density at radius 1 is 1.15 bits per heavy atom. The molecule has 2 aromatic rings. The van der Waals surface area contributed by atoms with Crippen molar-refractivity contribution in [3.8, 4) is 5.75 Å². The van der Waals surface area contributed by atoms with Crippen LogP contribution in [0, 0.1) is 6.92 Å². The zero-order valence-corrected chi connectivity index (χ0v) is 12.1. The van der Waals surface area contributed by atoms with Gasteiger partial charge >= 0.3 is 0 Å². The smallest absolute Gasteiger partial charge is 0.145 e. The fourth-order valence-corrected chi connectivity index (χ4v) is 2.72. The molecule has 0 spiro atoms. The fraction of sp³-hybridized carbons (Fsp3) is 0.250. The zero-order chi connectivity index (χ0) is 14.3. The van der Waals surface area contributed by atoms with Gasteiger partial charge in [-0.1, -0.05) is 29.8 Å². The summed E-state index contributed by atoms with van der Waals surface area (Å²) in [4.78, 5) is 0. The Labute approximate surface area is 123 Å². The van der Waals surface area contributed by atoms with Gasteiger partial charge in [0, 0.05) is 5.02 Å². The van der Waals surface area contributed by atoms with Crippen LogP contribution in [-0.2, 0) is 0 Å². The molecule has 1 N–H and O–H groups in total. The number of aryl methyl sites for hydroxylation is 1. The molecule has 1 aliphatic rings. The molecule has 104 valence electrons. The summed E-state index contributed by atoms with van der Waals surface area (Å²) in [5, 5.41) is 12.5. The van der Waals surface area contributed by atoms with E-state index in [1.54, 1.807) is 0 Å². The van der Waals surface area contributed by atoms with Crippen LogP contribution in [0.1, 0.15) is 24.1 Å². The maximum atomic E-state index is 10.6. The van der Waals surface area contributed by atoms with Crippen molar-refractivity contribution < 1.29 is 9.94 Å². The lowest BCUT2D eigenvalue weighted by molar-refractivity contribution is 0.0947. The minimum Gasteiger partial charge on any atom is -0.486 e. The lowest BCUT2D eigenvalue weighted by Crippen LogP contribution is -2.40. The van der Waals surface area contributed by atoms with E-state index in [0.717, 1.165) is 11.1 Å². The van der Waals surface area contributed by atoms with Crippen molar-refractivity contribution >= 4 is 17.3 Å². The van der Waals surface area contributed by atoms with Gasteiger partial charge in [0.1, 0.15) is 23.6 Å². The van der Waals surface area contributed by atoms with Gasteiger partial charge in [0.2, 0.25) is 0 Å². The lowest BCUT2D eigenvalue weighted by atomic mass is 9.99. The van der Waals surface area contributed by atoms with Crippen LogP contribution in [-0.4, -0.2) is 11.3 Å². The first-order chi connectivity index (χ1) is 9.56. The summed E-state index contributed by atoms with van der Waals surface area (Å²) in [7, 11) is 0. The molecule has 4 heteroatoms. The summed E-state index contributed by atoms with van der Waals surface area (Å²) in [6.45, 7) is 3.94. The number of hydrogen-bond acceptors (Lipinski definition) is 3.